The Hall–Kier alpha value is -2.34. The highest BCUT2D eigenvalue weighted by molar-refractivity contribution is 5.60. The van der Waals surface area contributed by atoms with Crippen LogP contribution < -0.4 is 5.32 Å². The average molecular weight is 240 g/mol. The fourth-order valence-corrected chi connectivity index (χ4v) is 1.81. The topological polar surface area (TPSA) is 35.8 Å². The number of halogens is 1. The Kier molecular flexibility index (Phi) is 3.59. The van der Waals surface area contributed by atoms with Crippen LogP contribution in [-0.4, -0.2) is 0 Å². The second-order valence-corrected chi connectivity index (χ2v) is 4.09. The normalized spacial score (nSPS) is 9.83. The maximum absolute atomic E-state index is 13.0. The number of aryl methyl sites for hydroxylation is 1. The van der Waals surface area contributed by atoms with E-state index in [1.54, 1.807) is 6.07 Å². The summed E-state index contributed by atoms with van der Waals surface area (Å²) in [5.41, 5.74) is 3.19. The molecule has 3 heteroatoms. The van der Waals surface area contributed by atoms with Crippen LogP contribution in [-0.2, 0) is 6.54 Å². The van der Waals surface area contributed by atoms with Crippen molar-refractivity contribution in [2.24, 2.45) is 0 Å². The van der Waals surface area contributed by atoms with Crippen LogP contribution in [0.1, 0.15) is 16.7 Å². The van der Waals surface area contributed by atoms with Crippen LogP contribution in [0.5, 0.6) is 0 Å². The van der Waals surface area contributed by atoms with Crippen molar-refractivity contribution >= 4 is 5.69 Å². The first kappa shape index (κ1) is 12.1. The van der Waals surface area contributed by atoms with Gasteiger partial charge < -0.3 is 5.32 Å². The van der Waals surface area contributed by atoms with Gasteiger partial charge in [-0.1, -0.05) is 24.3 Å². The first-order valence-corrected chi connectivity index (χ1v) is 5.69. The summed E-state index contributed by atoms with van der Waals surface area (Å²) in [7, 11) is 0. The molecule has 18 heavy (non-hydrogen) atoms. The van der Waals surface area contributed by atoms with E-state index in [9.17, 15) is 4.39 Å². The van der Waals surface area contributed by atoms with E-state index in [1.807, 2.05) is 31.2 Å². The highest BCUT2D eigenvalue weighted by Crippen LogP contribution is 2.19. The summed E-state index contributed by atoms with van der Waals surface area (Å²) in [6.07, 6.45) is 0. The molecule has 0 aliphatic heterocycles. The van der Waals surface area contributed by atoms with Crippen molar-refractivity contribution in [3.05, 3.63) is 65.0 Å². The van der Waals surface area contributed by atoms with E-state index in [2.05, 4.69) is 11.4 Å². The van der Waals surface area contributed by atoms with Gasteiger partial charge in [-0.05, 0) is 36.2 Å². The molecule has 0 heterocycles. The molecule has 0 fully saturated rings. The number of nitrogens with zero attached hydrogens (tertiary/aromatic N) is 1. The number of nitriles is 1. The highest BCUT2D eigenvalue weighted by atomic mass is 19.1. The minimum Gasteiger partial charge on any atom is -0.380 e. The Bertz CT molecular complexity index is 600. The van der Waals surface area contributed by atoms with E-state index < -0.39 is 0 Å². The first-order valence-electron chi connectivity index (χ1n) is 5.69. The van der Waals surface area contributed by atoms with E-state index >= 15 is 0 Å². The SMILES string of the molecule is Cc1cccc(NCc2cccc(F)c2)c1C#N. The molecule has 0 aliphatic carbocycles. The van der Waals surface area contributed by atoms with E-state index in [0.717, 1.165) is 16.8 Å². The lowest BCUT2D eigenvalue weighted by Gasteiger charge is -2.09. The minimum absolute atomic E-state index is 0.251. The summed E-state index contributed by atoms with van der Waals surface area (Å²) in [6, 6.07) is 14.2. The van der Waals surface area contributed by atoms with E-state index in [4.69, 9.17) is 5.26 Å². The van der Waals surface area contributed by atoms with Crippen molar-refractivity contribution < 1.29 is 4.39 Å². The van der Waals surface area contributed by atoms with Gasteiger partial charge in [-0.3, -0.25) is 0 Å². The lowest BCUT2D eigenvalue weighted by atomic mass is 10.1. The summed E-state index contributed by atoms with van der Waals surface area (Å²) >= 11 is 0. The maximum Gasteiger partial charge on any atom is 0.123 e. The van der Waals surface area contributed by atoms with Gasteiger partial charge >= 0.3 is 0 Å². The van der Waals surface area contributed by atoms with Crippen LogP contribution in [0.25, 0.3) is 0 Å². The molecule has 90 valence electrons. The summed E-state index contributed by atoms with van der Waals surface area (Å²) in [6.45, 7) is 2.39. The molecular weight excluding hydrogens is 227 g/mol. The van der Waals surface area contributed by atoms with E-state index in [-0.39, 0.29) is 5.82 Å². The van der Waals surface area contributed by atoms with Crippen molar-refractivity contribution in [2.75, 3.05) is 5.32 Å². The van der Waals surface area contributed by atoms with Gasteiger partial charge in [0.1, 0.15) is 11.9 Å². The van der Waals surface area contributed by atoms with Crippen LogP contribution in [0.15, 0.2) is 42.5 Å². The predicted octanol–water partition coefficient (Wildman–Crippen LogP) is 3.62. The van der Waals surface area contributed by atoms with Gasteiger partial charge in [0.2, 0.25) is 0 Å². The Labute approximate surface area is 106 Å². The standard InChI is InChI=1S/C15H13FN2/c1-11-4-2-7-15(14(11)9-17)18-10-12-5-3-6-13(16)8-12/h2-8,18H,10H2,1H3. The van der Waals surface area contributed by atoms with E-state index in [0.29, 0.717) is 12.1 Å². The Balaban J connectivity index is 2.16. The molecular formula is C15H13FN2. The van der Waals surface area contributed by atoms with Crippen molar-refractivity contribution in [3.8, 4) is 6.07 Å². The quantitative estimate of drug-likeness (QED) is 0.889. The molecule has 0 aromatic heterocycles. The number of anilines is 1. The number of benzene rings is 2. The second kappa shape index (κ2) is 5.33. The molecule has 0 saturated heterocycles. The molecule has 2 rings (SSSR count). The molecule has 0 bridgehead atoms. The van der Waals surface area contributed by atoms with E-state index in [1.165, 1.54) is 12.1 Å². The Morgan fingerprint density at radius 1 is 1.22 bits per heavy atom. The fourth-order valence-electron chi connectivity index (χ4n) is 1.81. The zero-order valence-electron chi connectivity index (χ0n) is 10.1. The molecule has 1 N–H and O–H groups in total. The van der Waals surface area contributed by atoms with Crippen molar-refractivity contribution in [1.82, 2.24) is 0 Å². The summed E-state index contributed by atoms with van der Waals surface area (Å²) in [4.78, 5) is 0. The third kappa shape index (κ3) is 2.67. The molecule has 2 aromatic carbocycles. The number of hydrogen-bond donors (Lipinski definition) is 1. The highest BCUT2D eigenvalue weighted by Gasteiger charge is 2.04. The average Bonchev–Trinajstić information content (AvgIpc) is 2.36. The molecule has 0 spiro atoms. The molecule has 0 saturated carbocycles. The lowest BCUT2D eigenvalue weighted by molar-refractivity contribution is 0.626. The Morgan fingerprint density at radius 2 is 2.00 bits per heavy atom. The van der Waals surface area contributed by atoms with Crippen LogP contribution in [0.4, 0.5) is 10.1 Å². The maximum atomic E-state index is 13.0. The molecule has 0 aliphatic rings. The van der Waals surface area contributed by atoms with Crippen LogP contribution in [0.3, 0.4) is 0 Å². The minimum atomic E-state index is -0.251. The molecule has 0 radical (unpaired) electrons. The van der Waals surface area contributed by atoms with Crippen molar-refractivity contribution in [3.63, 3.8) is 0 Å². The molecule has 0 unspecified atom stereocenters. The summed E-state index contributed by atoms with van der Waals surface area (Å²) < 4.78 is 13.0. The third-order valence-corrected chi connectivity index (χ3v) is 2.76. The van der Waals surface area contributed by atoms with Gasteiger partial charge in [0, 0.05) is 6.54 Å². The van der Waals surface area contributed by atoms with Gasteiger partial charge in [0.25, 0.3) is 0 Å². The number of nitrogens with one attached hydrogen (secondary N) is 1. The summed E-state index contributed by atoms with van der Waals surface area (Å²) in [5.74, 6) is -0.251. The molecule has 2 aromatic rings. The van der Waals surface area contributed by atoms with Crippen molar-refractivity contribution in [2.45, 2.75) is 13.5 Å². The van der Waals surface area contributed by atoms with Crippen LogP contribution in [0.2, 0.25) is 0 Å². The van der Waals surface area contributed by atoms with Gasteiger partial charge in [-0.2, -0.15) is 5.26 Å². The van der Waals surface area contributed by atoms with Gasteiger partial charge in [0.15, 0.2) is 0 Å². The van der Waals surface area contributed by atoms with Crippen LogP contribution in [0, 0.1) is 24.1 Å². The van der Waals surface area contributed by atoms with Gasteiger partial charge in [0.05, 0.1) is 11.3 Å². The Morgan fingerprint density at radius 3 is 2.72 bits per heavy atom. The van der Waals surface area contributed by atoms with Crippen LogP contribution >= 0.6 is 0 Å². The number of rotatable bonds is 3. The van der Waals surface area contributed by atoms with Gasteiger partial charge in [-0.25, -0.2) is 4.39 Å². The third-order valence-electron chi connectivity index (χ3n) is 2.76. The number of hydrogen-bond acceptors (Lipinski definition) is 2. The predicted molar refractivity (Wildman–Crippen MR) is 69.6 cm³/mol. The zero-order chi connectivity index (χ0) is 13.0. The molecule has 0 atom stereocenters. The summed E-state index contributed by atoms with van der Waals surface area (Å²) in [5, 5.41) is 12.2. The monoisotopic (exact) mass is 240 g/mol. The molecule has 2 nitrogen and oxygen atoms in total. The second-order valence-electron chi connectivity index (χ2n) is 4.09. The van der Waals surface area contributed by atoms with Crippen molar-refractivity contribution in [1.29, 1.82) is 5.26 Å². The lowest BCUT2D eigenvalue weighted by Crippen LogP contribution is -2.02. The molecule has 0 amide bonds. The zero-order valence-corrected chi connectivity index (χ0v) is 10.1. The van der Waals surface area contributed by atoms with Gasteiger partial charge in [-0.15, -0.1) is 0 Å². The first-order chi connectivity index (χ1) is 8.70. The fraction of sp³-hybridized carbons (Fsp3) is 0.133. The smallest absolute Gasteiger partial charge is 0.123 e. The largest absolute Gasteiger partial charge is 0.380 e.